The summed E-state index contributed by atoms with van der Waals surface area (Å²) in [5.41, 5.74) is 0. The van der Waals surface area contributed by atoms with E-state index in [0.29, 0.717) is 0 Å². The van der Waals surface area contributed by atoms with Crippen molar-refractivity contribution >= 4 is 29.7 Å². The van der Waals surface area contributed by atoms with Crippen LogP contribution in [0.5, 0.6) is 0 Å². The average Bonchev–Trinajstić information content (AvgIpc) is 0.821. The van der Waals surface area contributed by atoms with E-state index in [2.05, 4.69) is 16.0 Å². The molecule has 0 aromatic carbocycles. The Morgan fingerprint density at radius 2 is 0.864 bits per heavy atom. The van der Waals surface area contributed by atoms with Gasteiger partial charge in [0, 0.05) is 33.6 Å². The summed E-state index contributed by atoms with van der Waals surface area (Å²) in [6, 6.07) is -5.59. The summed E-state index contributed by atoms with van der Waals surface area (Å²) in [5, 5.41) is 234. The minimum atomic E-state index is -3.33. The maximum Gasteiger partial charge on any atom is 0.364 e. The van der Waals surface area contributed by atoms with Crippen LogP contribution in [0.3, 0.4) is 0 Å². The number of aliphatic carboxylic acids is 2. The summed E-state index contributed by atoms with van der Waals surface area (Å²) < 4.78 is 63.1. The highest BCUT2D eigenvalue weighted by atomic mass is 16.8. The van der Waals surface area contributed by atoms with Crippen molar-refractivity contribution < 1.29 is 183 Å². The van der Waals surface area contributed by atoms with Gasteiger partial charge in [-0.2, -0.15) is 0 Å². The highest BCUT2D eigenvalue weighted by Gasteiger charge is 2.62. The van der Waals surface area contributed by atoms with Gasteiger partial charge in [-0.1, -0.05) is 0 Å². The number of carbonyl (C=O) groups is 5. The number of rotatable bonds is 25. The third-order valence-corrected chi connectivity index (χ3v) is 15.6. The summed E-state index contributed by atoms with van der Waals surface area (Å²) in [7, 11) is 0. The summed E-state index contributed by atoms with van der Waals surface area (Å²) in [5.74, 6) is -13.6. The minimum absolute atomic E-state index is 0.864. The van der Waals surface area contributed by atoms with E-state index >= 15 is 0 Å². The third-order valence-electron chi connectivity index (χ3n) is 15.6. The zero-order valence-corrected chi connectivity index (χ0v) is 46.9. The molecule has 6 rings (SSSR count). The fourth-order valence-electron chi connectivity index (χ4n) is 11.0. The molecule has 0 bridgehead atoms. The van der Waals surface area contributed by atoms with E-state index in [1.54, 1.807) is 0 Å². The number of carboxylic acids is 2. The molecule has 40 heteroatoms. The third kappa shape index (κ3) is 15.8. The van der Waals surface area contributed by atoms with E-state index in [-0.39, 0.29) is 0 Å². The first-order valence-electron chi connectivity index (χ1n) is 27.4. The average molecular weight is 1290 g/mol. The first kappa shape index (κ1) is 73.2. The molecule has 0 spiro atoms. The van der Waals surface area contributed by atoms with Crippen molar-refractivity contribution in [3.8, 4) is 0 Å². The lowest BCUT2D eigenvalue weighted by Crippen LogP contribution is -2.72. The number of hydrogen-bond donors (Lipinski definition) is 24. The minimum Gasteiger partial charge on any atom is -0.477 e. The van der Waals surface area contributed by atoms with Crippen LogP contribution in [0.2, 0.25) is 0 Å². The number of carboxylic acid groups (broad SMARTS) is 2. The lowest BCUT2D eigenvalue weighted by atomic mass is 9.88. The molecule has 0 aliphatic carbocycles. The molecule has 32 atom stereocenters. The van der Waals surface area contributed by atoms with Gasteiger partial charge in [-0.05, 0) is 0 Å². The lowest BCUT2D eigenvalue weighted by Gasteiger charge is -2.52. The predicted molar refractivity (Wildman–Crippen MR) is 268 cm³/mol. The zero-order chi connectivity index (χ0) is 65.8. The SMILES string of the molecule is CC(=O)N[C@H]1[C@H](O[C@@H]2[C@@H](O)[C@@H](O)[C@H](O[C@H]3[C@H](O)[C@@H](O)C(O)O[C@@H]3CO)O[C@@H]2CO)O[C@H](CO[C@]2(C(=O)O)C[C@H](O)[C@@H](NC(C)=O)[C@H]([C@H](O)[C@H](O)CO)O2)[C@H](O)[C@@H]1O[C@@H]1O[C@H](CO)[C@H](O)[C@H](O[C@]2(C(=O)O)C[C@H](O)[C@@H](NC(C)=O)[C@H]([C@H](O)[C@H](O)CO)O2)[C@H]1O. The van der Waals surface area contributed by atoms with Crippen molar-refractivity contribution in [2.24, 2.45) is 0 Å². The van der Waals surface area contributed by atoms with Crippen molar-refractivity contribution in [3.05, 3.63) is 0 Å². The number of hydrogen-bond acceptors (Lipinski definition) is 35. The molecule has 24 N–H and O–H groups in total. The molecule has 6 aliphatic heterocycles. The normalized spacial score (nSPS) is 44.6. The van der Waals surface area contributed by atoms with Gasteiger partial charge in [0.25, 0.3) is 11.6 Å². The number of amides is 3. The molecule has 88 heavy (non-hydrogen) atoms. The molecule has 0 aromatic rings. The first-order valence-corrected chi connectivity index (χ1v) is 27.4. The Morgan fingerprint density at radius 1 is 0.466 bits per heavy atom. The van der Waals surface area contributed by atoms with E-state index in [1.807, 2.05) is 0 Å². The standard InChI is InChI=1S/C48H79N3O37/c1-12(57)49-23-15(60)4-47(45(74)75,86-38(23)26(64)17(62)6-52)78-11-22-29(67)37(25(51-14(3)59)42(82-22)83-36-21(10-56)81-43(33(71)31(36)69)84-35-20(9-55)79-41(73)32(70)30(35)68)85-44-34(72)40(28(66)19(8-54)80-44)88-48(46(76)77)5-16(61)24(50-13(2)58)39(87-48)27(65)18(63)7-53/h15-44,52-56,60-73H,4-11H2,1-3H3,(H,49,57)(H,50,58)(H,51,59)(H,74,75)(H,76,77)/t15-,16-,17+,18+,19+,20+,21+,22+,23+,24+,25+,26+,27+,28-,29-,30+,31-,32+,33+,34+,35+,36-,37+,38+,39+,40-,41?,42-,43-,44-,47+,48-/m0/s1. The molecule has 508 valence electrons. The van der Waals surface area contributed by atoms with Crippen LogP contribution < -0.4 is 16.0 Å². The van der Waals surface area contributed by atoms with Crippen molar-refractivity contribution in [2.75, 3.05) is 39.6 Å². The van der Waals surface area contributed by atoms with E-state index in [9.17, 15) is 131 Å². The molecule has 1 unspecified atom stereocenters. The lowest BCUT2D eigenvalue weighted by molar-refractivity contribution is -0.390. The van der Waals surface area contributed by atoms with Crippen molar-refractivity contribution in [3.63, 3.8) is 0 Å². The second kappa shape index (κ2) is 30.7. The van der Waals surface area contributed by atoms with Crippen LogP contribution >= 0.6 is 0 Å². The molecular weight excluding hydrogens is 1210 g/mol. The van der Waals surface area contributed by atoms with E-state index in [1.165, 1.54) is 0 Å². The highest BCUT2D eigenvalue weighted by Crippen LogP contribution is 2.41. The van der Waals surface area contributed by atoms with Crippen LogP contribution in [-0.4, -0.2) is 372 Å². The van der Waals surface area contributed by atoms with Crippen LogP contribution in [-0.2, 0) is 76.1 Å². The molecular formula is C48H79N3O37. The van der Waals surface area contributed by atoms with Gasteiger partial charge in [-0.25, -0.2) is 9.59 Å². The van der Waals surface area contributed by atoms with E-state index in [4.69, 9.17) is 52.1 Å². The Hall–Kier alpha value is -3.85. The number of aliphatic hydroxyl groups excluding tert-OH is 19. The van der Waals surface area contributed by atoms with Gasteiger partial charge in [0.05, 0.1) is 63.9 Å². The molecule has 6 fully saturated rings. The fourth-order valence-corrected chi connectivity index (χ4v) is 11.0. The number of nitrogens with one attached hydrogen (secondary N) is 3. The molecule has 0 aromatic heterocycles. The van der Waals surface area contributed by atoms with Gasteiger partial charge in [-0.15, -0.1) is 0 Å². The fraction of sp³-hybridized carbons (Fsp3) is 0.896. The van der Waals surface area contributed by atoms with Gasteiger partial charge in [-0.3, -0.25) is 14.4 Å². The smallest absolute Gasteiger partial charge is 0.364 e. The Labute approximate surface area is 496 Å². The molecule has 3 amide bonds. The largest absolute Gasteiger partial charge is 0.477 e. The summed E-state index contributed by atoms with van der Waals surface area (Å²) >= 11 is 0. The topological polar surface area (TPSA) is 648 Å². The quantitative estimate of drug-likeness (QED) is 0.0404. The number of aliphatic hydroxyl groups is 19. The van der Waals surface area contributed by atoms with Crippen molar-refractivity contribution in [2.45, 2.75) is 229 Å². The molecule has 0 radical (unpaired) electrons. The Bertz CT molecular complexity index is 2320. The van der Waals surface area contributed by atoms with Crippen molar-refractivity contribution in [1.29, 1.82) is 0 Å². The van der Waals surface area contributed by atoms with Gasteiger partial charge >= 0.3 is 11.9 Å². The molecule has 6 aliphatic rings. The molecule has 40 nitrogen and oxygen atoms in total. The van der Waals surface area contributed by atoms with E-state index in [0.717, 1.165) is 20.8 Å². The number of ether oxygens (including phenoxy) is 11. The van der Waals surface area contributed by atoms with Crippen LogP contribution in [0, 0.1) is 0 Å². The van der Waals surface area contributed by atoms with Gasteiger partial charge in [0.1, 0.15) is 134 Å². The Morgan fingerprint density at radius 3 is 1.34 bits per heavy atom. The highest BCUT2D eigenvalue weighted by molar-refractivity contribution is 5.77. The predicted octanol–water partition coefficient (Wildman–Crippen LogP) is -15.3. The van der Waals surface area contributed by atoms with Crippen LogP contribution in [0.15, 0.2) is 0 Å². The summed E-state index contributed by atoms with van der Waals surface area (Å²) in [4.78, 5) is 64.0. The molecule has 0 saturated carbocycles. The maximum atomic E-state index is 13.2. The van der Waals surface area contributed by atoms with Crippen molar-refractivity contribution in [1.82, 2.24) is 16.0 Å². The second-order valence-electron chi connectivity index (χ2n) is 21.9. The maximum absolute atomic E-state index is 13.2. The van der Waals surface area contributed by atoms with Gasteiger partial charge in [0.15, 0.2) is 25.2 Å². The van der Waals surface area contributed by atoms with Crippen LogP contribution in [0.25, 0.3) is 0 Å². The first-order chi connectivity index (χ1) is 41.2. The molecule has 6 heterocycles. The molecule has 6 saturated heterocycles. The van der Waals surface area contributed by atoms with Crippen LogP contribution in [0.4, 0.5) is 0 Å². The Kier molecular flexibility index (Phi) is 25.6. The monoisotopic (exact) mass is 1290 g/mol. The summed E-state index contributed by atoms with van der Waals surface area (Å²) in [6.07, 6.45) is -61.6. The van der Waals surface area contributed by atoms with Gasteiger partial charge in [0.2, 0.25) is 17.7 Å². The summed E-state index contributed by atoms with van der Waals surface area (Å²) in [6.45, 7) is -4.40. The second-order valence-corrected chi connectivity index (χ2v) is 21.9. The van der Waals surface area contributed by atoms with E-state index < -0.39 is 277 Å². The van der Waals surface area contributed by atoms with Crippen LogP contribution in [0.1, 0.15) is 33.6 Å². The number of carbonyl (C=O) groups excluding carboxylic acids is 3. The zero-order valence-electron chi connectivity index (χ0n) is 46.9. The van der Waals surface area contributed by atoms with Gasteiger partial charge < -0.3 is 175 Å². The Balaban J connectivity index is 1.40.